The molecule has 0 atom stereocenters. The van der Waals surface area contributed by atoms with Crippen molar-refractivity contribution in [1.82, 2.24) is 10.2 Å². The highest BCUT2D eigenvalue weighted by molar-refractivity contribution is 5.80. The van der Waals surface area contributed by atoms with Crippen LogP contribution in [0.2, 0.25) is 0 Å². The fourth-order valence-corrected chi connectivity index (χ4v) is 3.41. The van der Waals surface area contributed by atoms with Gasteiger partial charge in [0.1, 0.15) is 11.5 Å². The van der Waals surface area contributed by atoms with Gasteiger partial charge in [0.15, 0.2) is 5.96 Å². The van der Waals surface area contributed by atoms with E-state index in [2.05, 4.69) is 38.3 Å². The van der Waals surface area contributed by atoms with Gasteiger partial charge < -0.3 is 24.6 Å². The number of para-hydroxylation sites is 3. The van der Waals surface area contributed by atoms with Crippen molar-refractivity contribution < 1.29 is 9.47 Å². The SMILES string of the molecule is CN=C(NCc1ccccc1OC)N1CCN(c2ccccc2OC)CC1. The lowest BCUT2D eigenvalue weighted by molar-refractivity contribution is 0.366. The second kappa shape index (κ2) is 9.16. The van der Waals surface area contributed by atoms with Crippen molar-refractivity contribution >= 4 is 11.6 Å². The van der Waals surface area contributed by atoms with Crippen LogP contribution in [0.1, 0.15) is 5.56 Å². The molecular weight excluding hydrogens is 340 g/mol. The highest BCUT2D eigenvalue weighted by Crippen LogP contribution is 2.28. The molecule has 0 bridgehead atoms. The number of anilines is 1. The van der Waals surface area contributed by atoms with E-state index in [1.165, 1.54) is 0 Å². The average Bonchev–Trinajstić information content (AvgIpc) is 2.75. The quantitative estimate of drug-likeness (QED) is 0.649. The molecule has 6 heteroatoms. The van der Waals surface area contributed by atoms with Crippen LogP contribution in [0.4, 0.5) is 5.69 Å². The lowest BCUT2D eigenvalue weighted by Gasteiger charge is -2.38. The zero-order chi connectivity index (χ0) is 19.1. The van der Waals surface area contributed by atoms with Crippen molar-refractivity contribution in [2.24, 2.45) is 4.99 Å². The maximum absolute atomic E-state index is 5.50. The summed E-state index contributed by atoms with van der Waals surface area (Å²) in [5.74, 6) is 2.73. The number of hydrogen-bond donors (Lipinski definition) is 1. The number of nitrogens with one attached hydrogen (secondary N) is 1. The lowest BCUT2D eigenvalue weighted by atomic mass is 10.2. The first-order valence-electron chi connectivity index (χ1n) is 9.22. The number of benzene rings is 2. The van der Waals surface area contributed by atoms with Gasteiger partial charge in [-0.1, -0.05) is 30.3 Å². The summed E-state index contributed by atoms with van der Waals surface area (Å²) in [7, 11) is 5.25. The van der Waals surface area contributed by atoms with E-state index in [1.54, 1.807) is 14.2 Å². The number of guanidine groups is 1. The van der Waals surface area contributed by atoms with E-state index in [0.29, 0.717) is 6.54 Å². The Morgan fingerprint density at radius 1 is 0.926 bits per heavy atom. The number of methoxy groups -OCH3 is 2. The molecule has 1 fully saturated rings. The van der Waals surface area contributed by atoms with Gasteiger partial charge in [-0.2, -0.15) is 0 Å². The number of piperazine rings is 1. The Morgan fingerprint density at radius 2 is 1.56 bits per heavy atom. The highest BCUT2D eigenvalue weighted by Gasteiger charge is 2.21. The molecule has 1 saturated heterocycles. The van der Waals surface area contributed by atoms with Crippen LogP contribution in [-0.2, 0) is 6.54 Å². The first-order chi connectivity index (χ1) is 13.3. The van der Waals surface area contributed by atoms with Gasteiger partial charge in [-0.15, -0.1) is 0 Å². The summed E-state index contributed by atoms with van der Waals surface area (Å²) in [6.07, 6.45) is 0. The molecule has 1 aliphatic heterocycles. The van der Waals surface area contributed by atoms with E-state index < -0.39 is 0 Å². The highest BCUT2D eigenvalue weighted by atomic mass is 16.5. The molecule has 1 N–H and O–H groups in total. The fraction of sp³-hybridized carbons (Fsp3) is 0.381. The van der Waals surface area contributed by atoms with Gasteiger partial charge in [0.25, 0.3) is 0 Å². The predicted octanol–water partition coefficient (Wildman–Crippen LogP) is 2.60. The smallest absolute Gasteiger partial charge is 0.194 e. The Kier molecular flexibility index (Phi) is 6.41. The maximum atomic E-state index is 5.50. The topological polar surface area (TPSA) is 49.3 Å². The average molecular weight is 368 g/mol. The Morgan fingerprint density at radius 3 is 2.22 bits per heavy atom. The molecule has 0 aliphatic carbocycles. The summed E-state index contributed by atoms with van der Waals surface area (Å²) in [5.41, 5.74) is 2.27. The summed E-state index contributed by atoms with van der Waals surface area (Å²) in [4.78, 5) is 9.12. The minimum absolute atomic E-state index is 0.684. The summed E-state index contributed by atoms with van der Waals surface area (Å²) < 4.78 is 10.9. The first kappa shape index (κ1) is 18.9. The van der Waals surface area contributed by atoms with Gasteiger partial charge in [-0.3, -0.25) is 4.99 Å². The summed E-state index contributed by atoms with van der Waals surface area (Å²) in [6.45, 7) is 4.35. The molecule has 27 heavy (non-hydrogen) atoms. The minimum atomic E-state index is 0.684. The fourth-order valence-electron chi connectivity index (χ4n) is 3.41. The number of rotatable bonds is 5. The monoisotopic (exact) mass is 368 g/mol. The standard InChI is InChI=1S/C21H28N4O2/c1-22-21(23-16-17-8-4-6-10-19(17)26-2)25-14-12-24(13-15-25)18-9-5-7-11-20(18)27-3/h4-11H,12-16H2,1-3H3,(H,22,23). The van der Waals surface area contributed by atoms with Crippen molar-refractivity contribution in [3.63, 3.8) is 0 Å². The molecule has 2 aromatic carbocycles. The maximum Gasteiger partial charge on any atom is 0.194 e. The van der Waals surface area contributed by atoms with E-state index in [4.69, 9.17) is 9.47 Å². The third-order valence-corrected chi connectivity index (χ3v) is 4.85. The third kappa shape index (κ3) is 4.45. The van der Waals surface area contributed by atoms with Gasteiger partial charge in [-0.05, 0) is 18.2 Å². The third-order valence-electron chi connectivity index (χ3n) is 4.85. The first-order valence-corrected chi connectivity index (χ1v) is 9.22. The van der Waals surface area contributed by atoms with Crippen molar-refractivity contribution in [1.29, 1.82) is 0 Å². The van der Waals surface area contributed by atoms with Crippen LogP contribution in [0.5, 0.6) is 11.5 Å². The second-order valence-electron chi connectivity index (χ2n) is 6.36. The molecule has 144 valence electrons. The Bertz CT molecular complexity index is 770. The number of aliphatic imine (C=N–C) groups is 1. The molecule has 0 saturated carbocycles. The van der Waals surface area contributed by atoms with Crippen molar-refractivity contribution in [2.45, 2.75) is 6.54 Å². The van der Waals surface area contributed by atoms with Crippen LogP contribution in [0.15, 0.2) is 53.5 Å². The lowest BCUT2D eigenvalue weighted by Crippen LogP contribution is -2.52. The van der Waals surface area contributed by atoms with Gasteiger partial charge in [0.2, 0.25) is 0 Å². The number of nitrogens with zero attached hydrogens (tertiary/aromatic N) is 3. The zero-order valence-electron chi connectivity index (χ0n) is 16.3. The molecule has 1 heterocycles. The Balaban J connectivity index is 1.59. The normalized spacial score (nSPS) is 14.9. The number of ether oxygens (including phenoxy) is 2. The summed E-state index contributed by atoms with van der Waals surface area (Å²) in [6, 6.07) is 16.2. The van der Waals surface area contributed by atoms with Gasteiger partial charge in [0.05, 0.1) is 19.9 Å². The molecule has 0 unspecified atom stereocenters. The molecule has 6 nitrogen and oxygen atoms in total. The molecule has 0 aromatic heterocycles. The van der Waals surface area contributed by atoms with Gasteiger partial charge in [0, 0.05) is 45.3 Å². The van der Waals surface area contributed by atoms with Crippen LogP contribution in [-0.4, -0.2) is 58.3 Å². The minimum Gasteiger partial charge on any atom is -0.496 e. The summed E-state index contributed by atoms with van der Waals surface area (Å²) in [5, 5.41) is 3.46. The molecule has 1 aliphatic rings. The van der Waals surface area contributed by atoms with Gasteiger partial charge >= 0.3 is 0 Å². The van der Waals surface area contributed by atoms with Crippen LogP contribution in [0.3, 0.4) is 0 Å². The van der Waals surface area contributed by atoms with E-state index in [-0.39, 0.29) is 0 Å². The molecule has 3 rings (SSSR count). The van der Waals surface area contributed by atoms with Crippen molar-refractivity contribution in [3.05, 3.63) is 54.1 Å². The van der Waals surface area contributed by atoms with Crippen LogP contribution >= 0.6 is 0 Å². The van der Waals surface area contributed by atoms with Crippen LogP contribution in [0, 0.1) is 0 Å². The van der Waals surface area contributed by atoms with E-state index in [1.807, 2.05) is 37.4 Å². The zero-order valence-corrected chi connectivity index (χ0v) is 16.3. The van der Waals surface area contributed by atoms with Crippen LogP contribution in [0.25, 0.3) is 0 Å². The van der Waals surface area contributed by atoms with E-state index >= 15 is 0 Å². The summed E-state index contributed by atoms with van der Waals surface area (Å²) >= 11 is 0. The Labute approximate surface area is 161 Å². The molecular formula is C21H28N4O2. The van der Waals surface area contributed by atoms with Crippen LogP contribution < -0.4 is 19.7 Å². The van der Waals surface area contributed by atoms with Crippen molar-refractivity contribution in [2.75, 3.05) is 52.3 Å². The second-order valence-corrected chi connectivity index (χ2v) is 6.36. The number of hydrogen-bond acceptors (Lipinski definition) is 4. The largest absolute Gasteiger partial charge is 0.496 e. The molecule has 0 radical (unpaired) electrons. The molecule has 0 amide bonds. The van der Waals surface area contributed by atoms with E-state index in [9.17, 15) is 0 Å². The predicted molar refractivity (Wildman–Crippen MR) is 110 cm³/mol. The molecule has 2 aromatic rings. The molecule has 0 spiro atoms. The van der Waals surface area contributed by atoms with E-state index in [0.717, 1.165) is 54.9 Å². The Hall–Kier alpha value is -2.89. The van der Waals surface area contributed by atoms with Gasteiger partial charge in [-0.25, -0.2) is 0 Å². The van der Waals surface area contributed by atoms with Crippen molar-refractivity contribution in [3.8, 4) is 11.5 Å².